The number of aromatic amines is 1. The molecular formula is C16H11BrN4O2. The Balaban J connectivity index is 2.00. The number of H-pyrrole nitrogens is 1. The topological polar surface area (TPSA) is 72.3 Å². The van der Waals surface area contributed by atoms with Gasteiger partial charge in [0, 0.05) is 15.4 Å². The van der Waals surface area contributed by atoms with E-state index in [9.17, 15) is 4.79 Å². The van der Waals surface area contributed by atoms with Gasteiger partial charge in [-0.05, 0) is 52.3 Å². The van der Waals surface area contributed by atoms with Crippen LogP contribution in [0.1, 0.15) is 0 Å². The monoisotopic (exact) mass is 370 g/mol. The van der Waals surface area contributed by atoms with Gasteiger partial charge >= 0.3 is 5.69 Å². The SMILES string of the molecule is COc1ccc(-c2nc3c4cccc(Br)c4[nH]c(=O)n3n2)cc1. The normalized spacial score (nSPS) is 11.2. The van der Waals surface area contributed by atoms with E-state index in [0.717, 1.165) is 21.2 Å². The summed E-state index contributed by atoms with van der Waals surface area (Å²) in [5.74, 6) is 1.25. The van der Waals surface area contributed by atoms with Crippen LogP contribution < -0.4 is 10.4 Å². The highest BCUT2D eigenvalue weighted by atomic mass is 79.9. The summed E-state index contributed by atoms with van der Waals surface area (Å²) in [5.41, 5.74) is 1.72. The highest BCUT2D eigenvalue weighted by Crippen LogP contribution is 2.25. The number of halogens is 1. The van der Waals surface area contributed by atoms with E-state index in [1.807, 2.05) is 42.5 Å². The third kappa shape index (κ3) is 2.20. The lowest BCUT2D eigenvalue weighted by atomic mass is 10.2. The Kier molecular flexibility index (Phi) is 3.16. The molecule has 0 saturated heterocycles. The van der Waals surface area contributed by atoms with Crippen molar-refractivity contribution in [2.45, 2.75) is 0 Å². The molecule has 0 unspecified atom stereocenters. The van der Waals surface area contributed by atoms with E-state index in [1.165, 1.54) is 4.52 Å². The van der Waals surface area contributed by atoms with Gasteiger partial charge in [-0.1, -0.05) is 6.07 Å². The Bertz CT molecular complexity index is 1080. The summed E-state index contributed by atoms with van der Waals surface area (Å²) in [4.78, 5) is 19.6. The first kappa shape index (κ1) is 14.0. The smallest absolute Gasteiger partial charge is 0.348 e. The van der Waals surface area contributed by atoms with Gasteiger partial charge in [0.05, 0.1) is 12.6 Å². The van der Waals surface area contributed by atoms with Crippen LogP contribution in [0.25, 0.3) is 27.9 Å². The Hall–Kier alpha value is -2.67. The quantitative estimate of drug-likeness (QED) is 0.588. The Morgan fingerprint density at radius 3 is 2.70 bits per heavy atom. The van der Waals surface area contributed by atoms with Gasteiger partial charge in [0.1, 0.15) is 5.75 Å². The molecule has 6 nitrogen and oxygen atoms in total. The summed E-state index contributed by atoms with van der Waals surface area (Å²) in [6, 6.07) is 13.1. The van der Waals surface area contributed by atoms with E-state index >= 15 is 0 Å². The average Bonchev–Trinajstić information content (AvgIpc) is 3.02. The summed E-state index contributed by atoms with van der Waals surface area (Å²) in [5, 5.41) is 5.15. The highest BCUT2D eigenvalue weighted by Gasteiger charge is 2.13. The number of ether oxygens (including phenoxy) is 1. The number of aromatic nitrogens is 4. The Morgan fingerprint density at radius 2 is 1.96 bits per heavy atom. The lowest BCUT2D eigenvalue weighted by Gasteiger charge is -2.00. The maximum Gasteiger partial charge on any atom is 0.348 e. The summed E-state index contributed by atoms with van der Waals surface area (Å²) >= 11 is 3.44. The first-order valence-electron chi connectivity index (χ1n) is 6.89. The third-order valence-electron chi connectivity index (χ3n) is 3.63. The molecule has 0 saturated carbocycles. The first-order chi connectivity index (χ1) is 11.2. The van der Waals surface area contributed by atoms with Crippen LogP contribution in [0.3, 0.4) is 0 Å². The maximum atomic E-state index is 12.3. The Labute approximate surface area is 138 Å². The fourth-order valence-corrected chi connectivity index (χ4v) is 2.95. The van der Waals surface area contributed by atoms with Crippen molar-refractivity contribution in [3.63, 3.8) is 0 Å². The molecule has 0 amide bonds. The van der Waals surface area contributed by atoms with E-state index in [0.29, 0.717) is 17.0 Å². The molecule has 0 fully saturated rings. The largest absolute Gasteiger partial charge is 0.497 e. The number of para-hydroxylation sites is 1. The van der Waals surface area contributed by atoms with E-state index in [2.05, 4.69) is 31.0 Å². The molecule has 2 aromatic heterocycles. The predicted molar refractivity (Wildman–Crippen MR) is 90.8 cm³/mol. The molecular weight excluding hydrogens is 360 g/mol. The highest BCUT2D eigenvalue weighted by molar-refractivity contribution is 9.10. The minimum Gasteiger partial charge on any atom is -0.497 e. The van der Waals surface area contributed by atoms with Gasteiger partial charge in [0.25, 0.3) is 0 Å². The summed E-state index contributed by atoms with van der Waals surface area (Å²) in [6.07, 6.45) is 0. The molecule has 2 aromatic carbocycles. The summed E-state index contributed by atoms with van der Waals surface area (Å²) in [7, 11) is 1.61. The number of rotatable bonds is 2. The van der Waals surface area contributed by atoms with Crippen LogP contribution in [-0.2, 0) is 0 Å². The molecule has 0 radical (unpaired) electrons. The van der Waals surface area contributed by atoms with Gasteiger partial charge in [-0.25, -0.2) is 9.78 Å². The lowest BCUT2D eigenvalue weighted by molar-refractivity contribution is 0.415. The molecule has 23 heavy (non-hydrogen) atoms. The molecule has 114 valence electrons. The molecule has 2 heterocycles. The number of nitrogens with one attached hydrogen (secondary N) is 1. The minimum absolute atomic E-state index is 0.327. The minimum atomic E-state index is -0.327. The van der Waals surface area contributed by atoms with Crippen molar-refractivity contribution in [3.05, 3.63) is 57.4 Å². The van der Waals surface area contributed by atoms with E-state index in [-0.39, 0.29) is 5.69 Å². The molecule has 4 rings (SSSR count). The molecule has 0 bridgehead atoms. The van der Waals surface area contributed by atoms with E-state index in [1.54, 1.807) is 7.11 Å². The zero-order valence-corrected chi connectivity index (χ0v) is 13.7. The molecule has 0 atom stereocenters. The Morgan fingerprint density at radius 1 is 1.17 bits per heavy atom. The van der Waals surface area contributed by atoms with E-state index < -0.39 is 0 Å². The first-order valence-corrected chi connectivity index (χ1v) is 7.68. The standard InChI is InChI=1S/C16H11BrN4O2/c1-23-10-7-5-9(6-8-10)14-19-15-11-3-2-4-12(17)13(11)18-16(22)21(15)20-14/h2-8H,1H3,(H,18,22). The number of hydrogen-bond acceptors (Lipinski definition) is 4. The van der Waals surface area contributed by atoms with Crippen molar-refractivity contribution in [1.82, 2.24) is 19.6 Å². The van der Waals surface area contributed by atoms with Crippen LogP contribution in [0.15, 0.2) is 51.7 Å². The lowest BCUT2D eigenvalue weighted by Crippen LogP contribution is -2.17. The van der Waals surface area contributed by atoms with Crippen molar-refractivity contribution in [2.75, 3.05) is 7.11 Å². The third-order valence-corrected chi connectivity index (χ3v) is 4.30. The zero-order valence-electron chi connectivity index (χ0n) is 12.1. The van der Waals surface area contributed by atoms with Gasteiger partial charge in [-0.3, -0.25) is 0 Å². The molecule has 1 N–H and O–H groups in total. The average molecular weight is 371 g/mol. The second-order valence-electron chi connectivity index (χ2n) is 4.99. The van der Waals surface area contributed by atoms with Crippen LogP contribution in [0.4, 0.5) is 0 Å². The number of fused-ring (bicyclic) bond motifs is 3. The van der Waals surface area contributed by atoms with Gasteiger partial charge in [0.15, 0.2) is 11.5 Å². The van der Waals surface area contributed by atoms with Crippen LogP contribution >= 0.6 is 15.9 Å². The second-order valence-corrected chi connectivity index (χ2v) is 5.85. The van der Waals surface area contributed by atoms with Gasteiger partial charge in [0.2, 0.25) is 0 Å². The van der Waals surface area contributed by atoms with Crippen molar-refractivity contribution in [3.8, 4) is 17.1 Å². The molecule has 0 spiro atoms. The molecule has 7 heteroatoms. The van der Waals surface area contributed by atoms with Crippen molar-refractivity contribution < 1.29 is 4.74 Å². The molecule has 4 aromatic rings. The maximum absolute atomic E-state index is 12.3. The summed E-state index contributed by atoms with van der Waals surface area (Å²) < 4.78 is 7.24. The number of benzene rings is 2. The van der Waals surface area contributed by atoms with Crippen LogP contribution in [0.5, 0.6) is 5.75 Å². The van der Waals surface area contributed by atoms with Gasteiger partial charge < -0.3 is 9.72 Å². The fraction of sp³-hybridized carbons (Fsp3) is 0.0625. The second kappa shape index (κ2) is 5.20. The molecule has 0 aliphatic heterocycles. The van der Waals surface area contributed by atoms with Crippen molar-refractivity contribution >= 4 is 32.5 Å². The van der Waals surface area contributed by atoms with Crippen LogP contribution in [0.2, 0.25) is 0 Å². The predicted octanol–water partition coefficient (Wildman–Crippen LogP) is 3.01. The van der Waals surface area contributed by atoms with Gasteiger partial charge in [-0.2, -0.15) is 4.52 Å². The number of hydrogen-bond donors (Lipinski definition) is 1. The summed E-state index contributed by atoms with van der Waals surface area (Å²) in [6.45, 7) is 0. The van der Waals surface area contributed by atoms with Crippen LogP contribution in [-0.4, -0.2) is 26.7 Å². The zero-order chi connectivity index (χ0) is 16.0. The molecule has 0 aliphatic rings. The van der Waals surface area contributed by atoms with Crippen molar-refractivity contribution in [1.29, 1.82) is 0 Å². The number of nitrogens with zero attached hydrogens (tertiary/aromatic N) is 3. The number of methoxy groups -OCH3 is 1. The van der Waals surface area contributed by atoms with Gasteiger partial charge in [-0.15, -0.1) is 5.10 Å². The molecule has 0 aliphatic carbocycles. The van der Waals surface area contributed by atoms with E-state index in [4.69, 9.17) is 4.74 Å². The fourth-order valence-electron chi connectivity index (χ4n) is 2.49. The van der Waals surface area contributed by atoms with Crippen LogP contribution in [0, 0.1) is 0 Å². The van der Waals surface area contributed by atoms with Crippen molar-refractivity contribution in [2.24, 2.45) is 0 Å².